The van der Waals surface area contributed by atoms with Crippen molar-refractivity contribution in [2.24, 2.45) is 0 Å². The van der Waals surface area contributed by atoms with Crippen molar-refractivity contribution in [1.82, 2.24) is 4.90 Å². The Morgan fingerprint density at radius 2 is 1.88 bits per heavy atom. The summed E-state index contributed by atoms with van der Waals surface area (Å²) in [6, 6.07) is 1.30. The predicted octanol–water partition coefficient (Wildman–Crippen LogP) is 2.46. The molecule has 17 heavy (non-hydrogen) atoms. The lowest BCUT2D eigenvalue weighted by Crippen LogP contribution is -2.34. The summed E-state index contributed by atoms with van der Waals surface area (Å²) in [5.41, 5.74) is 0. The summed E-state index contributed by atoms with van der Waals surface area (Å²) >= 11 is 0. The van der Waals surface area contributed by atoms with Gasteiger partial charge in [-0.2, -0.15) is 5.26 Å². The number of carbonyl (C=O) groups is 1. The first-order valence-corrected chi connectivity index (χ1v) is 5.94. The minimum absolute atomic E-state index is 0.399. The first-order chi connectivity index (χ1) is 7.90. The standard InChI is InChI=1S/C9H16N2O3.C3H8/c1-7(12)4-3-5-8(6-10)11(2)9(13)14;1-3-2/h7-8,12H,3-5H2,1-2H3,(H,13,14);3H2,1-2H3. The average molecular weight is 244 g/mol. The highest BCUT2D eigenvalue weighted by Gasteiger charge is 2.17. The maximum Gasteiger partial charge on any atom is 0.408 e. The van der Waals surface area contributed by atoms with Crippen molar-refractivity contribution >= 4 is 6.09 Å². The molecule has 0 saturated heterocycles. The molecule has 1 amide bonds. The molecule has 0 saturated carbocycles. The summed E-state index contributed by atoms with van der Waals surface area (Å²) in [4.78, 5) is 11.5. The molecule has 0 aromatic carbocycles. The molecule has 5 nitrogen and oxygen atoms in total. The van der Waals surface area contributed by atoms with Gasteiger partial charge in [0.05, 0.1) is 12.2 Å². The fourth-order valence-electron chi connectivity index (χ4n) is 1.08. The Bertz CT molecular complexity index is 236. The average Bonchev–Trinajstić information content (AvgIpc) is 2.24. The summed E-state index contributed by atoms with van der Waals surface area (Å²) in [7, 11) is 1.37. The SMILES string of the molecule is CC(O)CCCC(C#N)N(C)C(=O)O.CCC. The lowest BCUT2D eigenvalue weighted by atomic mass is 10.1. The Labute approximate surface area is 104 Å². The van der Waals surface area contributed by atoms with Gasteiger partial charge < -0.3 is 10.2 Å². The van der Waals surface area contributed by atoms with E-state index in [0.717, 1.165) is 4.90 Å². The molecular formula is C12H24N2O3. The van der Waals surface area contributed by atoms with Gasteiger partial charge in [0, 0.05) is 7.05 Å². The molecule has 0 spiro atoms. The first-order valence-electron chi connectivity index (χ1n) is 5.94. The third-order valence-electron chi connectivity index (χ3n) is 2.02. The van der Waals surface area contributed by atoms with Crippen LogP contribution in [0.25, 0.3) is 0 Å². The van der Waals surface area contributed by atoms with Crippen LogP contribution in [0, 0.1) is 11.3 Å². The molecular weight excluding hydrogens is 220 g/mol. The number of nitrogens with zero attached hydrogens (tertiary/aromatic N) is 2. The minimum atomic E-state index is -1.10. The van der Waals surface area contributed by atoms with E-state index in [-0.39, 0.29) is 0 Å². The van der Waals surface area contributed by atoms with E-state index >= 15 is 0 Å². The number of aliphatic hydroxyl groups excluding tert-OH is 1. The predicted molar refractivity (Wildman–Crippen MR) is 66.7 cm³/mol. The highest BCUT2D eigenvalue weighted by Crippen LogP contribution is 2.08. The van der Waals surface area contributed by atoms with E-state index in [9.17, 15) is 4.79 Å². The maximum atomic E-state index is 10.5. The smallest absolute Gasteiger partial charge is 0.408 e. The van der Waals surface area contributed by atoms with Crippen molar-refractivity contribution in [1.29, 1.82) is 5.26 Å². The molecule has 0 rings (SSSR count). The highest BCUT2D eigenvalue weighted by atomic mass is 16.4. The molecule has 0 bridgehead atoms. The zero-order chi connectivity index (χ0) is 13.8. The summed E-state index contributed by atoms with van der Waals surface area (Å²) in [6.07, 6.45) is 1.45. The van der Waals surface area contributed by atoms with Crippen LogP contribution in [0.15, 0.2) is 0 Å². The van der Waals surface area contributed by atoms with Gasteiger partial charge in [-0.15, -0.1) is 0 Å². The molecule has 0 radical (unpaired) electrons. The number of nitriles is 1. The van der Waals surface area contributed by atoms with Crippen molar-refractivity contribution in [3.8, 4) is 6.07 Å². The van der Waals surface area contributed by atoms with Crippen molar-refractivity contribution in [3.63, 3.8) is 0 Å². The number of hydrogen-bond acceptors (Lipinski definition) is 3. The largest absolute Gasteiger partial charge is 0.465 e. The maximum absolute atomic E-state index is 10.5. The van der Waals surface area contributed by atoms with E-state index in [1.165, 1.54) is 13.5 Å². The van der Waals surface area contributed by atoms with Gasteiger partial charge in [0.25, 0.3) is 0 Å². The first kappa shape index (κ1) is 18.1. The second kappa shape index (κ2) is 11.2. The van der Waals surface area contributed by atoms with Gasteiger partial charge in [-0.1, -0.05) is 20.3 Å². The molecule has 0 aromatic rings. The number of carboxylic acid groups (broad SMARTS) is 1. The van der Waals surface area contributed by atoms with Crippen LogP contribution in [0.2, 0.25) is 0 Å². The molecule has 0 aliphatic carbocycles. The van der Waals surface area contributed by atoms with Crippen LogP contribution in [0.4, 0.5) is 4.79 Å². The van der Waals surface area contributed by atoms with Crippen molar-refractivity contribution in [2.75, 3.05) is 7.05 Å². The molecule has 0 heterocycles. The van der Waals surface area contributed by atoms with Crippen molar-refractivity contribution in [3.05, 3.63) is 0 Å². The zero-order valence-corrected chi connectivity index (χ0v) is 11.2. The Hall–Kier alpha value is -1.28. The van der Waals surface area contributed by atoms with Crippen LogP contribution < -0.4 is 0 Å². The third kappa shape index (κ3) is 11.0. The Kier molecular flexibility index (Phi) is 11.9. The van der Waals surface area contributed by atoms with Gasteiger partial charge in [0.15, 0.2) is 0 Å². The molecule has 0 fully saturated rings. The fourth-order valence-corrected chi connectivity index (χ4v) is 1.08. The molecule has 100 valence electrons. The topological polar surface area (TPSA) is 84.6 Å². The monoisotopic (exact) mass is 244 g/mol. The van der Waals surface area contributed by atoms with Gasteiger partial charge in [0.1, 0.15) is 6.04 Å². The molecule has 0 aliphatic rings. The number of hydrogen-bond donors (Lipinski definition) is 2. The molecule has 2 N–H and O–H groups in total. The quantitative estimate of drug-likeness (QED) is 0.778. The number of amides is 1. The van der Waals surface area contributed by atoms with Gasteiger partial charge >= 0.3 is 6.09 Å². The fraction of sp³-hybridized carbons (Fsp3) is 0.833. The van der Waals surface area contributed by atoms with Crippen molar-refractivity contribution in [2.45, 2.75) is 58.6 Å². The Morgan fingerprint density at radius 1 is 1.41 bits per heavy atom. The van der Waals surface area contributed by atoms with Gasteiger partial charge in [-0.05, 0) is 26.2 Å². The third-order valence-corrected chi connectivity index (χ3v) is 2.02. The summed E-state index contributed by atoms with van der Waals surface area (Å²) < 4.78 is 0. The Balaban J connectivity index is 0. The van der Waals surface area contributed by atoms with Crippen LogP contribution in [0.1, 0.15) is 46.5 Å². The van der Waals surface area contributed by atoms with Crippen LogP contribution >= 0.6 is 0 Å². The van der Waals surface area contributed by atoms with Crippen LogP contribution in [0.5, 0.6) is 0 Å². The van der Waals surface area contributed by atoms with E-state index in [2.05, 4.69) is 13.8 Å². The van der Waals surface area contributed by atoms with Gasteiger partial charge in [-0.3, -0.25) is 4.90 Å². The summed E-state index contributed by atoms with van der Waals surface area (Å²) in [5, 5.41) is 26.3. The zero-order valence-electron chi connectivity index (χ0n) is 11.2. The summed E-state index contributed by atoms with van der Waals surface area (Å²) in [6.45, 7) is 5.92. The Morgan fingerprint density at radius 3 is 2.18 bits per heavy atom. The molecule has 0 aliphatic heterocycles. The van der Waals surface area contributed by atoms with E-state index in [0.29, 0.717) is 19.3 Å². The van der Waals surface area contributed by atoms with Gasteiger partial charge in [-0.25, -0.2) is 4.79 Å². The second-order valence-electron chi connectivity index (χ2n) is 4.03. The number of rotatable bonds is 5. The minimum Gasteiger partial charge on any atom is -0.465 e. The van der Waals surface area contributed by atoms with E-state index in [1.54, 1.807) is 6.92 Å². The molecule has 5 heteroatoms. The van der Waals surface area contributed by atoms with Crippen LogP contribution in [-0.2, 0) is 0 Å². The normalized spacial score (nSPS) is 12.7. The molecule has 0 aromatic heterocycles. The molecule has 2 atom stereocenters. The van der Waals surface area contributed by atoms with Crippen LogP contribution in [0.3, 0.4) is 0 Å². The van der Waals surface area contributed by atoms with Gasteiger partial charge in [0.2, 0.25) is 0 Å². The van der Waals surface area contributed by atoms with E-state index in [4.69, 9.17) is 15.5 Å². The van der Waals surface area contributed by atoms with E-state index < -0.39 is 18.2 Å². The van der Waals surface area contributed by atoms with E-state index in [1.807, 2.05) is 6.07 Å². The summed E-state index contributed by atoms with van der Waals surface area (Å²) in [5.74, 6) is 0. The van der Waals surface area contributed by atoms with Crippen LogP contribution in [-0.4, -0.2) is 40.4 Å². The van der Waals surface area contributed by atoms with Crippen molar-refractivity contribution < 1.29 is 15.0 Å². The highest BCUT2D eigenvalue weighted by molar-refractivity contribution is 5.65. The molecule has 2 unspecified atom stereocenters. The second-order valence-corrected chi connectivity index (χ2v) is 4.03. The number of aliphatic hydroxyl groups is 1. The lowest BCUT2D eigenvalue weighted by molar-refractivity contribution is 0.142. The lowest BCUT2D eigenvalue weighted by Gasteiger charge is -2.19.